The molecule has 0 unspecified atom stereocenters. The SMILES string of the molecule is COc1ccc(CN(CCCCCCNc2ccccn2)S(=O)(=O)c2ccccc2)cc1OC. The number of nitrogens with zero attached hydrogens (tertiary/aromatic N) is 2. The molecule has 0 bridgehead atoms. The summed E-state index contributed by atoms with van der Waals surface area (Å²) >= 11 is 0. The molecule has 182 valence electrons. The smallest absolute Gasteiger partial charge is 0.243 e. The molecule has 1 heterocycles. The number of aromatic nitrogens is 1. The molecule has 0 aliphatic heterocycles. The number of ether oxygens (including phenoxy) is 2. The molecule has 0 saturated heterocycles. The van der Waals surface area contributed by atoms with Gasteiger partial charge in [-0.25, -0.2) is 13.4 Å². The number of rotatable bonds is 14. The molecule has 0 fully saturated rings. The van der Waals surface area contributed by atoms with E-state index in [9.17, 15) is 8.42 Å². The van der Waals surface area contributed by atoms with Gasteiger partial charge in [0.25, 0.3) is 0 Å². The van der Waals surface area contributed by atoms with Crippen LogP contribution in [0, 0.1) is 0 Å². The van der Waals surface area contributed by atoms with Crippen LogP contribution < -0.4 is 14.8 Å². The minimum atomic E-state index is -3.63. The summed E-state index contributed by atoms with van der Waals surface area (Å²) in [6, 6.07) is 19.9. The van der Waals surface area contributed by atoms with Crippen LogP contribution in [-0.4, -0.2) is 45.0 Å². The Morgan fingerprint density at radius 3 is 2.29 bits per heavy atom. The first-order valence-electron chi connectivity index (χ1n) is 11.5. The van der Waals surface area contributed by atoms with Crippen LogP contribution in [0.5, 0.6) is 11.5 Å². The van der Waals surface area contributed by atoms with Crippen LogP contribution in [0.3, 0.4) is 0 Å². The maximum atomic E-state index is 13.4. The number of methoxy groups -OCH3 is 2. The molecule has 8 heteroatoms. The van der Waals surface area contributed by atoms with Gasteiger partial charge in [-0.05, 0) is 54.8 Å². The molecule has 1 N–H and O–H groups in total. The summed E-state index contributed by atoms with van der Waals surface area (Å²) in [6.45, 7) is 1.55. The Balaban J connectivity index is 1.60. The molecular formula is C26H33N3O4S. The first kappa shape index (κ1) is 25.5. The van der Waals surface area contributed by atoms with Gasteiger partial charge in [0.15, 0.2) is 11.5 Å². The molecular weight excluding hydrogens is 450 g/mol. The molecule has 0 amide bonds. The molecule has 0 atom stereocenters. The van der Waals surface area contributed by atoms with Gasteiger partial charge in [0.05, 0.1) is 19.1 Å². The van der Waals surface area contributed by atoms with Gasteiger partial charge in [0, 0.05) is 25.8 Å². The van der Waals surface area contributed by atoms with Crippen molar-refractivity contribution >= 4 is 15.8 Å². The molecule has 0 saturated carbocycles. The van der Waals surface area contributed by atoms with Crippen molar-refractivity contribution in [2.45, 2.75) is 37.1 Å². The Bertz CT molecular complexity index is 1110. The van der Waals surface area contributed by atoms with Crippen molar-refractivity contribution in [1.29, 1.82) is 0 Å². The van der Waals surface area contributed by atoms with Crippen molar-refractivity contribution in [3.8, 4) is 11.5 Å². The standard InChI is InChI=1S/C26H33N3O4S/c1-32-24-16-15-22(20-25(24)33-2)21-29(34(30,31)23-12-6-5-7-13-23)19-11-4-3-9-17-27-26-14-8-10-18-28-26/h5-8,10,12-16,18,20H,3-4,9,11,17,19,21H2,1-2H3,(H,27,28). The maximum Gasteiger partial charge on any atom is 0.243 e. The molecule has 7 nitrogen and oxygen atoms in total. The summed E-state index contributed by atoms with van der Waals surface area (Å²) in [7, 11) is -0.476. The lowest BCUT2D eigenvalue weighted by Crippen LogP contribution is -2.31. The summed E-state index contributed by atoms with van der Waals surface area (Å²) in [5, 5.41) is 3.30. The monoisotopic (exact) mass is 483 g/mol. The molecule has 1 aromatic heterocycles. The molecule has 34 heavy (non-hydrogen) atoms. The average molecular weight is 484 g/mol. The zero-order valence-corrected chi connectivity index (χ0v) is 20.6. The Labute approximate surface area is 202 Å². The van der Waals surface area contributed by atoms with E-state index in [4.69, 9.17) is 9.47 Å². The van der Waals surface area contributed by atoms with Gasteiger partial charge in [-0.1, -0.05) is 43.2 Å². The molecule has 0 aliphatic carbocycles. The molecule has 2 aromatic carbocycles. The second kappa shape index (κ2) is 13.0. The largest absolute Gasteiger partial charge is 0.493 e. The topological polar surface area (TPSA) is 80.8 Å². The zero-order chi connectivity index (χ0) is 24.2. The van der Waals surface area contributed by atoms with Crippen LogP contribution in [0.2, 0.25) is 0 Å². The zero-order valence-electron chi connectivity index (χ0n) is 19.8. The highest BCUT2D eigenvalue weighted by Crippen LogP contribution is 2.29. The lowest BCUT2D eigenvalue weighted by Gasteiger charge is -2.23. The van der Waals surface area contributed by atoms with Crippen molar-refractivity contribution in [2.24, 2.45) is 0 Å². The number of nitrogens with one attached hydrogen (secondary N) is 1. The van der Waals surface area contributed by atoms with Crippen molar-refractivity contribution in [3.05, 3.63) is 78.5 Å². The quantitative estimate of drug-likeness (QED) is 0.326. The molecule has 3 aromatic rings. The van der Waals surface area contributed by atoms with E-state index in [1.807, 2.05) is 36.4 Å². The second-order valence-electron chi connectivity index (χ2n) is 7.90. The number of unbranched alkanes of at least 4 members (excludes halogenated alkanes) is 3. The van der Waals surface area contributed by atoms with Crippen LogP contribution in [0.4, 0.5) is 5.82 Å². The van der Waals surface area contributed by atoms with Gasteiger partial charge < -0.3 is 14.8 Å². The van der Waals surface area contributed by atoms with E-state index in [0.29, 0.717) is 22.9 Å². The fourth-order valence-electron chi connectivity index (χ4n) is 3.66. The molecule has 0 spiro atoms. The number of benzene rings is 2. The van der Waals surface area contributed by atoms with Crippen LogP contribution in [0.1, 0.15) is 31.2 Å². The third-order valence-corrected chi connectivity index (χ3v) is 7.35. The maximum absolute atomic E-state index is 13.4. The van der Waals surface area contributed by atoms with E-state index in [2.05, 4.69) is 10.3 Å². The Hall–Kier alpha value is -3.10. The van der Waals surface area contributed by atoms with E-state index in [1.165, 1.54) is 0 Å². The summed E-state index contributed by atoms with van der Waals surface area (Å²) < 4.78 is 39.0. The van der Waals surface area contributed by atoms with Crippen molar-refractivity contribution in [2.75, 3.05) is 32.6 Å². The van der Waals surface area contributed by atoms with E-state index >= 15 is 0 Å². The lowest BCUT2D eigenvalue weighted by molar-refractivity contribution is 0.352. The Morgan fingerprint density at radius 2 is 1.59 bits per heavy atom. The van der Waals surface area contributed by atoms with E-state index in [0.717, 1.165) is 43.6 Å². The van der Waals surface area contributed by atoms with Crippen molar-refractivity contribution in [1.82, 2.24) is 9.29 Å². The number of anilines is 1. The Morgan fingerprint density at radius 1 is 0.853 bits per heavy atom. The third kappa shape index (κ3) is 7.20. The van der Waals surface area contributed by atoms with E-state index in [-0.39, 0.29) is 6.54 Å². The van der Waals surface area contributed by atoms with Gasteiger partial charge >= 0.3 is 0 Å². The number of hydrogen-bond donors (Lipinski definition) is 1. The van der Waals surface area contributed by atoms with Gasteiger partial charge in [-0.3, -0.25) is 0 Å². The highest BCUT2D eigenvalue weighted by Gasteiger charge is 2.24. The van der Waals surface area contributed by atoms with Gasteiger partial charge in [-0.15, -0.1) is 0 Å². The summed E-state index contributed by atoms with van der Waals surface area (Å²) in [4.78, 5) is 4.55. The van der Waals surface area contributed by atoms with Crippen LogP contribution in [0.15, 0.2) is 77.8 Å². The predicted molar refractivity (Wildman–Crippen MR) is 135 cm³/mol. The van der Waals surface area contributed by atoms with Gasteiger partial charge in [0.2, 0.25) is 10.0 Å². The fourth-order valence-corrected chi connectivity index (χ4v) is 5.15. The van der Waals surface area contributed by atoms with Gasteiger partial charge in [-0.2, -0.15) is 4.31 Å². The van der Waals surface area contributed by atoms with E-state index < -0.39 is 10.0 Å². The summed E-state index contributed by atoms with van der Waals surface area (Å²) in [6.07, 6.45) is 5.50. The highest BCUT2D eigenvalue weighted by molar-refractivity contribution is 7.89. The minimum absolute atomic E-state index is 0.263. The average Bonchev–Trinajstić information content (AvgIpc) is 2.88. The van der Waals surface area contributed by atoms with Crippen LogP contribution in [-0.2, 0) is 16.6 Å². The normalized spacial score (nSPS) is 11.4. The number of hydrogen-bond acceptors (Lipinski definition) is 6. The highest BCUT2D eigenvalue weighted by atomic mass is 32.2. The fraction of sp³-hybridized carbons (Fsp3) is 0.346. The number of sulfonamides is 1. The summed E-state index contributed by atoms with van der Waals surface area (Å²) in [5.74, 6) is 2.07. The van der Waals surface area contributed by atoms with E-state index in [1.54, 1.807) is 55.1 Å². The molecule has 3 rings (SSSR count). The first-order valence-corrected chi connectivity index (χ1v) is 12.9. The second-order valence-corrected chi connectivity index (χ2v) is 9.83. The number of pyridine rings is 1. The lowest BCUT2D eigenvalue weighted by atomic mass is 10.1. The van der Waals surface area contributed by atoms with Crippen molar-refractivity contribution < 1.29 is 17.9 Å². The third-order valence-electron chi connectivity index (χ3n) is 5.49. The Kier molecular flexibility index (Phi) is 9.73. The predicted octanol–water partition coefficient (Wildman–Crippen LogP) is 4.96. The minimum Gasteiger partial charge on any atom is -0.493 e. The van der Waals surface area contributed by atoms with Gasteiger partial charge in [0.1, 0.15) is 5.82 Å². The molecule has 0 aliphatic rings. The van der Waals surface area contributed by atoms with Crippen molar-refractivity contribution in [3.63, 3.8) is 0 Å². The first-order chi connectivity index (χ1) is 16.5. The van der Waals surface area contributed by atoms with Crippen LogP contribution in [0.25, 0.3) is 0 Å². The molecule has 0 radical (unpaired) electrons. The van der Waals surface area contributed by atoms with Crippen LogP contribution >= 0.6 is 0 Å². The summed E-state index contributed by atoms with van der Waals surface area (Å²) in [5.41, 5.74) is 0.844.